The van der Waals surface area contributed by atoms with E-state index in [4.69, 9.17) is 4.74 Å². The maximum atomic E-state index is 5.22. The molecule has 0 saturated heterocycles. The van der Waals surface area contributed by atoms with Gasteiger partial charge in [0, 0.05) is 6.04 Å². The monoisotopic (exact) mass is 303 g/mol. The maximum Gasteiger partial charge on any atom is 0.133 e. The number of benzene rings is 1. The van der Waals surface area contributed by atoms with Gasteiger partial charge in [-0.1, -0.05) is 6.07 Å². The molecule has 0 fully saturated rings. The van der Waals surface area contributed by atoms with E-state index in [9.17, 15) is 0 Å². The fourth-order valence-electron chi connectivity index (χ4n) is 1.74. The van der Waals surface area contributed by atoms with E-state index in [0.717, 1.165) is 22.4 Å². The van der Waals surface area contributed by atoms with Crippen LogP contribution in [0.1, 0.15) is 18.0 Å². The van der Waals surface area contributed by atoms with Gasteiger partial charge in [-0.2, -0.15) is 12.6 Å². The molecule has 0 bridgehead atoms. The molecule has 0 aliphatic rings. The number of thiol groups is 1. The number of halogens is 1. The van der Waals surface area contributed by atoms with Crippen LogP contribution in [-0.2, 0) is 0 Å². The molecule has 4 heteroatoms. The Bertz CT molecular complexity index is 344. The molecule has 1 atom stereocenters. The van der Waals surface area contributed by atoms with Crippen molar-refractivity contribution in [2.24, 2.45) is 0 Å². The van der Waals surface area contributed by atoms with E-state index in [-0.39, 0.29) is 0 Å². The third kappa shape index (κ3) is 3.40. The first-order valence-corrected chi connectivity index (χ1v) is 6.63. The molecule has 0 aliphatic heterocycles. The second-order valence-electron chi connectivity index (χ2n) is 3.89. The quantitative estimate of drug-likeness (QED) is 0.837. The molecule has 1 unspecified atom stereocenters. The molecule has 0 radical (unpaired) electrons. The number of hydrogen-bond donors (Lipinski definition) is 1. The summed E-state index contributed by atoms with van der Waals surface area (Å²) in [4.78, 5) is 2.21. The number of hydrogen-bond acceptors (Lipinski definition) is 3. The summed E-state index contributed by atoms with van der Waals surface area (Å²) in [6, 6.07) is 6.62. The normalized spacial score (nSPS) is 12.9. The summed E-state index contributed by atoms with van der Waals surface area (Å²) in [6.45, 7) is 0. The number of rotatable bonds is 5. The van der Waals surface area contributed by atoms with Crippen LogP contribution in [0, 0.1) is 0 Å². The lowest BCUT2D eigenvalue weighted by molar-refractivity contribution is 0.293. The Morgan fingerprint density at radius 3 is 2.56 bits per heavy atom. The Morgan fingerprint density at radius 2 is 2.12 bits per heavy atom. The van der Waals surface area contributed by atoms with Crippen LogP contribution >= 0.6 is 28.6 Å². The molecule has 0 spiro atoms. The zero-order chi connectivity index (χ0) is 12.1. The predicted octanol–water partition coefficient (Wildman–Crippen LogP) is 3.38. The van der Waals surface area contributed by atoms with E-state index < -0.39 is 0 Å². The summed E-state index contributed by atoms with van der Waals surface area (Å²) < 4.78 is 6.22. The van der Waals surface area contributed by atoms with Crippen LogP contribution in [0.2, 0.25) is 0 Å². The summed E-state index contributed by atoms with van der Waals surface area (Å²) in [7, 11) is 5.86. The predicted molar refractivity (Wildman–Crippen MR) is 75.6 cm³/mol. The Kier molecular flexibility index (Phi) is 5.66. The first-order valence-electron chi connectivity index (χ1n) is 5.21. The van der Waals surface area contributed by atoms with Crippen molar-refractivity contribution in [3.8, 4) is 5.75 Å². The Hall–Kier alpha value is -0.190. The van der Waals surface area contributed by atoms with Crippen molar-refractivity contribution < 1.29 is 4.74 Å². The van der Waals surface area contributed by atoms with Gasteiger partial charge < -0.3 is 9.64 Å². The third-order valence-corrected chi connectivity index (χ3v) is 3.46. The molecule has 0 amide bonds. The van der Waals surface area contributed by atoms with E-state index in [1.165, 1.54) is 5.56 Å². The average Bonchev–Trinajstić information content (AvgIpc) is 2.25. The largest absolute Gasteiger partial charge is 0.496 e. The minimum absolute atomic E-state index is 0.403. The van der Waals surface area contributed by atoms with Crippen LogP contribution in [-0.4, -0.2) is 31.9 Å². The summed E-state index contributed by atoms with van der Waals surface area (Å²) in [5.74, 6) is 1.75. The zero-order valence-electron chi connectivity index (χ0n) is 9.90. The zero-order valence-corrected chi connectivity index (χ0v) is 12.4. The molecule has 0 aliphatic carbocycles. The second-order valence-corrected chi connectivity index (χ2v) is 5.19. The SMILES string of the molecule is COc1ccc(C(CCS)N(C)C)cc1Br. The highest BCUT2D eigenvalue weighted by molar-refractivity contribution is 9.10. The molecule has 90 valence electrons. The van der Waals surface area contributed by atoms with Crippen molar-refractivity contribution >= 4 is 28.6 Å². The average molecular weight is 304 g/mol. The van der Waals surface area contributed by atoms with Crippen molar-refractivity contribution in [2.75, 3.05) is 27.0 Å². The van der Waals surface area contributed by atoms with Gasteiger partial charge in [-0.25, -0.2) is 0 Å². The molecule has 0 heterocycles. The topological polar surface area (TPSA) is 12.5 Å². The summed E-state index contributed by atoms with van der Waals surface area (Å²) in [6.07, 6.45) is 1.04. The summed E-state index contributed by atoms with van der Waals surface area (Å²) in [5.41, 5.74) is 1.28. The highest BCUT2D eigenvalue weighted by Gasteiger charge is 2.14. The molecular weight excluding hydrogens is 286 g/mol. The fourth-order valence-corrected chi connectivity index (χ4v) is 2.54. The van der Waals surface area contributed by atoms with Gasteiger partial charge in [0.1, 0.15) is 5.75 Å². The van der Waals surface area contributed by atoms with Crippen LogP contribution in [0.15, 0.2) is 22.7 Å². The van der Waals surface area contributed by atoms with Crippen LogP contribution in [0.3, 0.4) is 0 Å². The van der Waals surface area contributed by atoms with Crippen LogP contribution in [0.5, 0.6) is 5.75 Å². The van der Waals surface area contributed by atoms with Crippen LogP contribution in [0.25, 0.3) is 0 Å². The second kappa shape index (κ2) is 6.52. The van der Waals surface area contributed by atoms with E-state index in [0.29, 0.717) is 6.04 Å². The smallest absolute Gasteiger partial charge is 0.133 e. The Labute approximate surface area is 112 Å². The molecule has 1 aromatic rings. The lowest BCUT2D eigenvalue weighted by Crippen LogP contribution is -2.20. The molecule has 1 aromatic carbocycles. The van der Waals surface area contributed by atoms with E-state index >= 15 is 0 Å². The minimum Gasteiger partial charge on any atom is -0.496 e. The van der Waals surface area contributed by atoms with Crippen molar-refractivity contribution in [1.29, 1.82) is 0 Å². The lowest BCUT2D eigenvalue weighted by Gasteiger charge is -2.24. The number of ether oxygens (including phenoxy) is 1. The van der Waals surface area contributed by atoms with E-state index in [2.05, 4.69) is 59.7 Å². The van der Waals surface area contributed by atoms with Crippen LogP contribution in [0.4, 0.5) is 0 Å². The van der Waals surface area contributed by atoms with Gasteiger partial charge in [-0.15, -0.1) is 0 Å². The molecule has 2 nitrogen and oxygen atoms in total. The lowest BCUT2D eigenvalue weighted by atomic mass is 10.0. The van der Waals surface area contributed by atoms with Crippen molar-refractivity contribution in [3.63, 3.8) is 0 Å². The van der Waals surface area contributed by atoms with Crippen molar-refractivity contribution in [2.45, 2.75) is 12.5 Å². The molecule has 0 N–H and O–H groups in total. The highest BCUT2D eigenvalue weighted by Crippen LogP contribution is 2.30. The third-order valence-electron chi connectivity index (χ3n) is 2.59. The fraction of sp³-hybridized carbons (Fsp3) is 0.500. The van der Waals surface area contributed by atoms with Crippen molar-refractivity contribution in [3.05, 3.63) is 28.2 Å². The van der Waals surface area contributed by atoms with Gasteiger partial charge in [-0.05, 0) is 59.9 Å². The highest BCUT2D eigenvalue weighted by atomic mass is 79.9. The van der Waals surface area contributed by atoms with Crippen LogP contribution < -0.4 is 4.74 Å². The molecule has 0 saturated carbocycles. The molecule has 1 rings (SSSR count). The van der Waals surface area contributed by atoms with Gasteiger partial charge in [0.2, 0.25) is 0 Å². The minimum atomic E-state index is 0.403. The van der Waals surface area contributed by atoms with Gasteiger partial charge in [-0.3, -0.25) is 0 Å². The van der Waals surface area contributed by atoms with Gasteiger partial charge in [0.15, 0.2) is 0 Å². The van der Waals surface area contributed by atoms with E-state index in [1.807, 2.05) is 6.07 Å². The van der Waals surface area contributed by atoms with E-state index in [1.54, 1.807) is 7.11 Å². The molecular formula is C12H18BrNOS. The van der Waals surface area contributed by atoms with Gasteiger partial charge >= 0.3 is 0 Å². The first kappa shape index (κ1) is 13.9. The number of methoxy groups -OCH3 is 1. The Balaban J connectivity index is 2.97. The molecule has 0 aromatic heterocycles. The van der Waals surface area contributed by atoms with Gasteiger partial charge in [0.25, 0.3) is 0 Å². The van der Waals surface area contributed by atoms with Crippen molar-refractivity contribution in [1.82, 2.24) is 4.90 Å². The summed E-state index contributed by atoms with van der Waals surface area (Å²) in [5, 5.41) is 0. The maximum absolute atomic E-state index is 5.22. The molecule has 16 heavy (non-hydrogen) atoms. The first-order chi connectivity index (χ1) is 7.60. The summed E-state index contributed by atoms with van der Waals surface area (Å²) >= 11 is 7.82. The Morgan fingerprint density at radius 1 is 1.44 bits per heavy atom. The number of nitrogens with zero attached hydrogens (tertiary/aromatic N) is 1. The van der Waals surface area contributed by atoms with Gasteiger partial charge in [0.05, 0.1) is 11.6 Å². The standard InChI is InChI=1S/C12H18BrNOS/c1-14(2)11(6-7-16)9-4-5-12(15-3)10(13)8-9/h4-5,8,11,16H,6-7H2,1-3H3.